The van der Waals surface area contributed by atoms with Gasteiger partial charge in [0.15, 0.2) is 0 Å². The maximum atomic E-state index is 11.7. The molecule has 202 valence electrons. The minimum atomic E-state index is -1.08. The number of allylic oxidation sites excluding steroid dienone is 4. The largest absolute Gasteiger partial charge is 0.508 e. The van der Waals surface area contributed by atoms with Gasteiger partial charge in [-0.25, -0.2) is 4.79 Å². The van der Waals surface area contributed by atoms with Gasteiger partial charge in [-0.3, -0.25) is 0 Å². The molecule has 0 aromatic heterocycles. The summed E-state index contributed by atoms with van der Waals surface area (Å²) < 4.78 is 10.2. The first-order valence-electron chi connectivity index (χ1n) is 13.6. The molecule has 3 aliphatic carbocycles. The molecule has 0 radical (unpaired) electrons. The predicted molar refractivity (Wildman–Crippen MR) is 141 cm³/mol. The highest BCUT2D eigenvalue weighted by Crippen LogP contribution is 2.59. The van der Waals surface area contributed by atoms with Crippen LogP contribution in [0.1, 0.15) is 79.6 Å². The molecular formula is C30H46O6. The second kappa shape index (κ2) is 11.7. The quantitative estimate of drug-likeness (QED) is 0.308. The molecule has 3 saturated carbocycles. The minimum absolute atomic E-state index is 0.177. The van der Waals surface area contributed by atoms with E-state index < -0.39 is 30.1 Å². The van der Waals surface area contributed by atoms with Crippen LogP contribution in [0.2, 0.25) is 0 Å². The number of carbonyl (C=O) groups excluding carboxylic acids is 1. The Morgan fingerprint density at radius 1 is 1.25 bits per heavy atom. The van der Waals surface area contributed by atoms with Gasteiger partial charge in [-0.15, -0.1) is 0 Å². The van der Waals surface area contributed by atoms with Crippen LogP contribution >= 0.6 is 0 Å². The molecule has 0 bridgehead atoms. The Kier molecular flexibility index (Phi) is 9.29. The molecule has 0 saturated heterocycles. The maximum Gasteiger partial charge on any atom is 0.508 e. The second-order valence-corrected chi connectivity index (χ2v) is 11.7. The Hall–Kier alpha value is -1.89. The van der Waals surface area contributed by atoms with Crippen LogP contribution in [-0.2, 0) is 9.47 Å². The number of ether oxygens (including phenoxy) is 2. The van der Waals surface area contributed by atoms with Gasteiger partial charge in [0.25, 0.3) is 0 Å². The van der Waals surface area contributed by atoms with Crippen molar-refractivity contribution in [3.63, 3.8) is 0 Å². The van der Waals surface area contributed by atoms with Gasteiger partial charge in [-0.1, -0.05) is 50.3 Å². The molecule has 7 atom stereocenters. The molecule has 0 aliphatic heterocycles. The molecule has 3 aliphatic rings. The van der Waals surface area contributed by atoms with Gasteiger partial charge in [0, 0.05) is 6.42 Å². The Morgan fingerprint density at radius 3 is 2.67 bits per heavy atom. The molecule has 3 rings (SSSR count). The van der Waals surface area contributed by atoms with Crippen molar-refractivity contribution in [1.29, 1.82) is 0 Å². The van der Waals surface area contributed by atoms with Crippen molar-refractivity contribution in [2.24, 2.45) is 23.2 Å². The Bertz CT molecular complexity index is 899. The van der Waals surface area contributed by atoms with Crippen LogP contribution in [0, 0.1) is 23.2 Å². The van der Waals surface area contributed by atoms with Gasteiger partial charge in [-0.05, 0) is 93.6 Å². The first-order chi connectivity index (χ1) is 16.9. The molecule has 0 amide bonds. The second-order valence-electron chi connectivity index (χ2n) is 11.7. The molecule has 3 N–H and O–H groups in total. The third-order valence-corrected chi connectivity index (χ3v) is 8.85. The number of carbonyl (C=O) groups is 1. The van der Waals surface area contributed by atoms with E-state index in [4.69, 9.17) is 9.47 Å². The average Bonchev–Trinajstić information content (AvgIpc) is 3.16. The van der Waals surface area contributed by atoms with Crippen LogP contribution in [0.4, 0.5) is 4.79 Å². The fourth-order valence-electron chi connectivity index (χ4n) is 6.68. The van der Waals surface area contributed by atoms with Gasteiger partial charge in [-0.2, -0.15) is 0 Å². The summed E-state index contributed by atoms with van der Waals surface area (Å²) >= 11 is 0. The van der Waals surface area contributed by atoms with Crippen molar-refractivity contribution < 1.29 is 29.6 Å². The molecular weight excluding hydrogens is 456 g/mol. The van der Waals surface area contributed by atoms with Crippen molar-refractivity contribution >= 4 is 6.16 Å². The number of fused-ring (bicyclic) bond motifs is 1. The lowest BCUT2D eigenvalue weighted by molar-refractivity contribution is -0.0658. The van der Waals surface area contributed by atoms with E-state index in [-0.39, 0.29) is 17.9 Å². The van der Waals surface area contributed by atoms with E-state index in [0.717, 1.165) is 36.8 Å². The van der Waals surface area contributed by atoms with Crippen LogP contribution < -0.4 is 0 Å². The predicted octanol–water partition coefficient (Wildman–Crippen LogP) is 5.63. The highest BCUT2D eigenvalue weighted by molar-refractivity contribution is 5.60. The van der Waals surface area contributed by atoms with Crippen molar-refractivity contribution in [3.8, 4) is 0 Å². The lowest BCUT2D eigenvalue weighted by atomic mass is 9.61. The van der Waals surface area contributed by atoms with Crippen molar-refractivity contribution in [2.75, 3.05) is 6.61 Å². The molecule has 0 aromatic carbocycles. The number of hydrogen-bond acceptors (Lipinski definition) is 6. The summed E-state index contributed by atoms with van der Waals surface area (Å²) in [5, 5.41) is 31.0. The molecule has 3 fully saturated rings. The first-order valence-corrected chi connectivity index (χ1v) is 13.6. The number of aliphatic hydroxyl groups is 3. The van der Waals surface area contributed by atoms with E-state index in [0.29, 0.717) is 24.7 Å². The fourth-order valence-corrected chi connectivity index (χ4v) is 6.68. The summed E-state index contributed by atoms with van der Waals surface area (Å²) in [6, 6.07) is 0. The van der Waals surface area contributed by atoms with Crippen LogP contribution in [0.3, 0.4) is 0 Å². The van der Waals surface area contributed by atoms with Crippen molar-refractivity contribution in [1.82, 2.24) is 0 Å². The topological polar surface area (TPSA) is 96.2 Å². The standard InChI is InChI=1S/C30H46O6/c1-7-35-28(34)36-29(4,5)27(33)15-10-19(2)24-13-14-25-21(9-8-16-30(24,25)6)11-12-22-17-23(31)18-26(32)20(22)3/h10-12,15,19,23-27,31-33H,3,7-9,13-14,16-18H2,1-2,4-6H3/b15-10+,21-11+,22-12-/t19-,23?,24-,25+,26?,27-,30-/m1/s1. The summed E-state index contributed by atoms with van der Waals surface area (Å²) in [4.78, 5) is 11.7. The number of aliphatic hydroxyl groups excluding tert-OH is 3. The maximum absolute atomic E-state index is 11.7. The minimum Gasteiger partial charge on any atom is -0.435 e. The highest BCUT2D eigenvalue weighted by Gasteiger charge is 2.50. The van der Waals surface area contributed by atoms with Crippen molar-refractivity contribution in [2.45, 2.75) is 103 Å². The zero-order valence-corrected chi connectivity index (χ0v) is 22.7. The van der Waals surface area contributed by atoms with Crippen molar-refractivity contribution in [3.05, 3.63) is 47.6 Å². The van der Waals surface area contributed by atoms with E-state index in [1.807, 2.05) is 0 Å². The van der Waals surface area contributed by atoms with Crippen LogP contribution in [0.5, 0.6) is 0 Å². The molecule has 36 heavy (non-hydrogen) atoms. The Labute approximate surface area is 216 Å². The number of rotatable bonds is 7. The fraction of sp³-hybridized carbons (Fsp3) is 0.700. The Balaban J connectivity index is 1.70. The van der Waals surface area contributed by atoms with E-state index in [1.54, 1.807) is 26.8 Å². The Morgan fingerprint density at radius 2 is 1.97 bits per heavy atom. The molecule has 0 heterocycles. The average molecular weight is 503 g/mol. The summed E-state index contributed by atoms with van der Waals surface area (Å²) in [6.07, 6.45) is 11.8. The summed E-state index contributed by atoms with van der Waals surface area (Å²) in [7, 11) is 0. The lowest BCUT2D eigenvalue weighted by Gasteiger charge is -2.44. The van der Waals surface area contributed by atoms with E-state index in [2.05, 4.69) is 38.7 Å². The molecule has 0 spiro atoms. The smallest absolute Gasteiger partial charge is 0.435 e. The summed E-state index contributed by atoms with van der Waals surface area (Å²) in [5.41, 5.74) is 2.24. The normalized spacial score (nSPS) is 35.2. The third-order valence-electron chi connectivity index (χ3n) is 8.85. The summed E-state index contributed by atoms with van der Waals surface area (Å²) in [6.45, 7) is 14.0. The van der Waals surface area contributed by atoms with Crippen LogP contribution in [0.15, 0.2) is 47.6 Å². The van der Waals surface area contributed by atoms with Crippen LogP contribution in [0.25, 0.3) is 0 Å². The summed E-state index contributed by atoms with van der Waals surface area (Å²) in [5.74, 6) is 1.27. The monoisotopic (exact) mass is 502 g/mol. The van der Waals surface area contributed by atoms with E-state index >= 15 is 0 Å². The first kappa shape index (κ1) is 28.7. The third kappa shape index (κ3) is 6.32. The zero-order chi connectivity index (χ0) is 26.7. The molecule has 6 nitrogen and oxygen atoms in total. The van der Waals surface area contributed by atoms with Gasteiger partial charge in [0.1, 0.15) is 11.7 Å². The zero-order valence-electron chi connectivity index (χ0n) is 22.7. The van der Waals surface area contributed by atoms with Gasteiger partial charge < -0.3 is 24.8 Å². The van der Waals surface area contributed by atoms with Gasteiger partial charge in [0.2, 0.25) is 0 Å². The molecule has 2 unspecified atom stereocenters. The number of hydrogen-bond donors (Lipinski definition) is 3. The van der Waals surface area contributed by atoms with E-state index in [1.165, 1.54) is 12.0 Å². The highest BCUT2D eigenvalue weighted by atomic mass is 16.7. The van der Waals surface area contributed by atoms with Gasteiger partial charge >= 0.3 is 6.16 Å². The lowest BCUT2D eigenvalue weighted by Crippen LogP contribution is -2.40. The SMILES string of the molecule is C=C1/C(=C\C=C2/CCC[C@]3(C)[C@@H]([C@H](C)/C=C/[C@@H](O)C(C)(C)OC(=O)OCC)CC[C@@H]23)CC(O)CC1O. The van der Waals surface area contributed by atoms with Gasteiger partial charge in [0.05, 0.1) is 18.8 Å². The molecule has 6 heteroatoms. The van der Waals surface area contributed by atoms with E-state index in [9.17, 15) is 20.1 Å². The van der Waals surface area contributed by atoms with Crippen LogP contribution in [-0.4, -0.2) is 52.0 Å². The molecule has 0 aromatic rings.